The maximum Gasteiger partial charge on any atom is 0.297 e. The van der Waals surface area contributed by atoms with Crippen LogP contribution in [0.2, 0.25) is 0 Å². The molecule has 0 radical (unpaired) electrons. The van der Waals surface area contributed by atoms with E-state index in [1.54, 1.807) is 60.7 Å². The zero-order valence-corrected chi connectivity index (χ0v) is 17.5. The molecule has 0 heterocycles. The Balaban J connectivity index is 2.30. The Morgan fingerprint density at radius 1 is 0.700 bits per heavy atom. The van der Waals surface area contributed by atoms with Gasteiger partial charge < -0.3 is 0 Å². The van der Waals surface area contributed by atoms with Crippen molar-refractivity contribution in [2.45, 2.75) is 4.90 Å². The number of nitro benzene ring substituents is 3. The van der Waals surface area contributed by atoms with Crippen molar-refractivity contribution in [1.29, 1.82) is 0 Å². The topological polar surface area (TPSA) is 129 Å². The number of nitrogens with zero attached hydrogens (tertiary/aromatic N) is 3. The molecule has 152 valence electrons. The van der Waals surface area contributed by atoms with Gasteiger partial charge in [-0.25, -0.2) is 0 Å². The van der Waals surface area contributed by atoms with Crippen molar-refractivity contribution < 1.29 is 14.8 Å². The Morgan fingerprint density at radius 2 is 1.10 bits per heavy atom. The molecule has 3 rings (SSSR count). The molecule has 0 aromatic heterocycles. The molecule has 0 fully saturated rings. The zero-order valence-electron chi connectivity index (χ0n) is 15.0. The fraction of sp³-hybridized carbons (Fsp3) is 0. The number of hydrogen-bond acceptors (Lipinski definition) is 8. The van der Waals surface area contributed by atoms with Gasteiger partial charge in [-0.1, -0.05) is 83.9 Å². The van der Waals surface area contributed by atoms with Crippen molar-refractivity contribution in [1.82, 2.24) is 0 Å². The van der Waals surface area contributed by atoms with Crippen molar-refractivity contribution in [2.75, 3.05) is 0 Å². The Labute approximate surface area is 178 Å². The van der Waals surface area contributed by atoms with Gasteiger partial charge in [-0.15, -0.1) is 0 Å². The molecule has 0 bridgehead atoms. The van der Waals surface area contributed by atoms with Gasteiger partial charge in [-0.2, -0.15) is 0 Å². The lowest BCUT2D eigenvalue weighted by atomic mass is 10.2. The molecule has 3 aromatic rings. The van der Waals surface area contributed by atoms with Crippen LogP contribution in [0.25, 0.3) is 0 Å². The molecule has 3 aromatic carbocycles. The van der Waals surface area contributed by atoms with Gasteiger partial charge in [0, 0.05) is 0 Å². The van der Waals surface area contributed by atoms with Gasteiger partial charge in [0.15, 0.2) is 4.90 Å². The fourth-order valence-corrected chi connectivity index (χ4v) is 9.13. The SMILES string of the molecule is O=[N+]([O-])c1cc([N+](=O)[O-])c(SP(=S)(c2ccccc2)c2ccccc2)c([N+](=O)[O-])c1. The molecule has 0 saturated heterocycles. The minimum Gasteiger partial charge on any atom is -0.258 e. The highest BCUT2D eigenvalue weighted by atomic mass is 32.9. The molecule has 0 aliphatic carbocycles. The van der Waals surface area contributed by atoms with Crippen molar-refractivity contribution in [3.63, 3.8) is 0 Å². The second-order valence-electron chi connectivity index (χ2n) is 5.90. The van der Waals surface area contributed by atoms with Crippen LogP contribution < -0.4 is 10.6 Å². The van der Waals surface area contributed by atoms with Crippen LogP contribution in [0.1, 0.15) is 0 Å². The summed E-state index contributed by atoms with van der Waals surface area (Å²) in [6.45, 7) is 0. The first kappa shape index (κ1) is 21.6. The highest BCUT2D eigenvalue weighted by Crippen LogP contribution is 2.63. The van der Waals surface area contributed by atoms with E-state index in [0.717, 1.165) is 23.5 Å². The van der Waals surface area contributed by atoms with Crippen molar-refractivity contribution in [3.05, 3.63) is 103 Å². The molecule has 30 heavy (non-hydrogen) atoms. The van der Waals surface area contributed by atoms with Crippen LogP contribution >= 0.6 is 16.6 Å². The predicted molar refractivity (Wildman–Crippen MR) is 119 cm³/mol. The maximum atomic E-state index is 11.7. The van der Waals surface area contributed by atoms with Gasteiger partial charge in [0.1, 0.15) is 0 Å². The Morgan fingerprint density at radius 3 is 1.43 bits per heavy atom. The van der Waals surface area contributed by atoms with E-state index in [1.165, 1.54) is 0 Å². The van der Waals surface area contributed by atoms with Gasteiger partial charge in [-0.3, -0.25) is 30.3 Å². The maximum absolute atomic E-state index is 11.7. The van der Waals surface area contributed by atoms with E-state index in [1.807, 2.05) is 0 Å². The lowest BCUT2D eigenvalue weighted by molar-refractivity contribution is -0.407. The van der Waals surface area contributed by atoms with Gasteiger partial charge in [0.25, 0.3) is 17.1 Å². The zero-order chi connectivity index (χ0) is 21.9. The summed E-state index contributed by atoms with van der Waals surface area (Å²) in [4.78, 5) is 31.5. The summed E-state index contributed by atoms with van der Waals surface area (Å²) in [5.74, 6) is 0. The van der Waals surface area contributed by atoms with Crippen molar-refractivity contribution >= 4 is 56.1 Å². The standard InChI is InChI=1S/C18H12N3O6PS2/c22-19(23)13-11-16(20(24)25)18(17(12-13)21(26)27)30-28(29,14-7-3-1-4-8-14)15-9-5-2-6-10-15/h1-12H. The summed E-state index contributed by atoms with van der Waals surface area (Å²) in [5, 5.41) is 33.0. The van der Waals surface area contributed by atoms with E-state index in [4.69, 9.17) is 11.8 Å². The molecule has 0 atom stereocenters. The van der Waals surface area contributed by atoms with E-state index in [-0.39, 0.29) is 4.90 Å². The van der Waals surface area contributed by atoms with E-state index >= 15 is 0 Å². The largest absolute Gasteiger partial charge is 0.297 e. The van der Waals surface area contributed by atoms with Crippen LogP contribution in [0, 0.1) is 30.3 Å². The molecule has 0 unspecified atom stereocenters. The molecule has 0 amide bonds. The second kappa shape index (κ2) is 8.70. The smallest absolute Gasteiger partial charge is 0.258 e. The first-order chi connectivity index (χ1) is 14.2. The molecule has 0 aliphatic heterocycles. The van der Waals surface area contributed by atoms with Crippen LogP contribution in [0.4, 0.5) is 17.1 Å². The van der Waals surface area contributed by atoms with E-state index in [0.29, 0.717) is 10.6 Å². The average Bonchev–Trinajstić information content (AvgIpc) is 2.74. The van der Waals surface area contributed by atoms with Gasteiger partial charge in [-0.05, 0) is 10.6 Å². The minimum absolute atomic E-state index is 0.299. The molecule has 0 saturated carbocycles. The molecule has 0 spiro atoms. The van der Waals surface area contributed by atoms with Crippen LogP contribution in [0.5, 0.6) is 0 Å². The summed E-state index contributed by atoms with van der Waals surface area (Å²) in [6, 6.07) is 19.1. The molecule has 12 heteroatoms. The van der Waals surface area contributed by atoms with E-state index < -0.39 is 37.1 Å². The highest BCUT2D eigenvalue weighted by Gasteiger charge is 2.36. The highest BCUT2D eigenvalue weighted by molar-refractivity contribution is 8.75. The quantitative estimate of drug-likeness (QED) is 0.285. The lowest BCUT2D eigenvalue weighted by Crippen LogP contribution is -2.13. The van der Waals surface area contributed by atoms with Gasteiger partial charge >= 0.3 is 0 Å². The molecule has 0 aliphatic rings. The number of non-ortho nitro benzene ring substituents is 1. The molecule has 0 N–H and O–H groups in total. The molecule has 9 nitrogen and oxygen atoms in total. The predicted octanol–water partition coefficient (Wildman–Crippen LogP) is 4.55. The summed E-state index contributed by atoms with van der Waals surface area (Å²) in [6.07, 6.45) is 0. The molecular formula is C18H12N3O6PS2. The number of rotatable bonds is 7. The first-order valence-electron chi connectivity index (χ1n) is 8.26. The average molecular weight is 461 g/mol. The third-order valence-corrected chi connectivity index (χ3v) is 11.4. The summed E-state index contributed by atoms with van der Waals surface area (Å²) < 4.78 is 0. The summed E-state index contributed by atoms with van der Waals surface area (Å²) >= 11 is 6.84. The number of benzene rings is 3. The summed E-state index contributed by atoms with van der Waals surface area (Å²) in [7, 11) is 0. The van der Waals surface area contributed by atoms with E-state index in [9.17, 15) is 30.3 Å². The second-order valence-corrected chi connectivity index (χ2v) is 13.2. The van der Waals surface area contributed by atoms with Crippen LogP contribution in [0.3, 0.4) is 0 Å². The number of nitro groups is 3. The minimum atomic E-state index is -2.85. The third-order valence-electron chi connectivity index (χ3n) is 4.05. The Bertz CT molecular complexity index is 1110. The van der Waals surface area contributed by atoms with Gasteiger partial charge in [0.05, 0.1) is 32.1 Å². The normalized spacial score (nSPS) is 11.1. The van der Waals surface area contributed by atoms with Gasteiger partial charge in [0.2, 0.25) is 0 Å². The van der Waals surface area contributed by atoms with Crippen LogP contribution in [0.15, 0.2) is 77.7 Å². The lowest BCUT2D eigenvalue weighted by Gasteiger charge is -2.22. The third kappa shape index (κ3) is 4.23. The van der Waals surface area contributed by atoms with Crippen molar-refractivity contribution in [2.24, 2.45) is 0 Å². The number of hydrogen-bond donors (Lipinski definition) is 0. The molecular weight excluding hydrogens is 449 g/mol. The van der Waals surface area contributed by atoms with Crippen LogP contribution in [-0.2, 0) is 11.8 Å². The van der Waals surface area contributed by atoms with E-state index in [2.05, 4.69) is 0 Å². The van der Waals surface area contributed by atoms with Crippen molar-refractivity contribution in [3.8, 4) is 0 Å². The van der Waals surface area contributed by atoms with Crippen LogP contribution in [-0.4, -0.2) is 14.8 Å². The monoisotopic (exact) mass is 461 g/mol. The fourth-order valence-electron chi connectivity index (χ4n) is 2.69. The first-order valence-corrected chi connectivity index (χ1v) is 12.5. The summed E-state index contributed by atoms with van der Waals surface area (Å²) in [5.41, 5.74) is -2.17. The Hall–Kier alpha value is -3.14. The Kier molecular flexibility index (Phi) is 6.25.